The maximum absolute atomic E-state index is 12.3. The summed E-state index contributed by atoms with van der Waals surface area (Å²) in [5.41, 5.74) is 0. The van der Waals surface area contributed by atoms with Crippen molar-refractivity contribution < 1.29 is 13.9 Å². The molecule has 1 fully saturated rings. The zero-order chi connectivity index (χ0) is 6.85. The fourth-order valence-corrected chi connectivity index (χ4v) is 0.827. The van der Waals surface area contributed by atoms with Crippen LogP contribution in [0.3, 0.4) is 0 Å². The molecule has 9 heavy (non-hydrogen) atoms. The van der Waals surface area contributed by atoms with Crippen LogP contribution in [-0.2, 0) is 0 Å². The van der Waals surface area contributed by atoms with E-state index in [1.54, 1.807) is 0 Å². The van der Waals surface area contributed by atoms with Crippen LogP contribution in [0.1, 0.15) is 0 Å². The van der Waals surface area contributed by atoms with Crippen molar-refractivity contribution in [2.45, 2.75) is 18.4 Å². The van der Waals surface area contributed by atoms with E-state index < -0.39 is 18.4 Å². The van der Waals surface area contributed by atoms with E-state index in [2.05, 4.69) is 5.32 Å². The first-order chi connectivity index (χ1) is 4.22. The van der Waals surface area contributed by atoms with Crippen molar-refractivity contribution in [2.24, 2.45) is 0 Å². The number of piperidine rings is 1. The van der Waals surface area contributed by atoms with Crippen molar-refractivity contribution in [2.75, 3.05) is 13.1 Å². The maximum atomic E-state index is 12.3. The summed E-state index contributed by atoms with van der Waals surface area (Å²) in [6.45, 7) is 0.114. The molecule has 0 bridgehead atoms. The minimum absolute atomic E-state index is 0.0571. The summed E-state index contributed by atoms with van der Waals surface area (Å²) in [4.78, 5) is 0. The predicted molar refractivity (Wildman–Crippen MR) is 28.7 cm³/mol. The first-order valence-electron chi connectivity index (χ1n) is 2.88. The number of aliphatic hydroxyl groups is 1. The third-order valence-corrected chi connectivity index (χ3v) is 1.42. The maximum Gasteiger partial charge on any atom is 0.141 e. The monoisotopic (exact) mass is 137 g/mol. The standard InChI is InChI=1S/C5H9F2NO/c6-3-1-8-2-4(7)5(3)9/h3-5,8-9H,1-2H2/t3-,4+,5-. The highest BCUT2D eigenvalue weighted by Gasteiger charge is 2.31. The molecule has 1 aliphatic rings. The van der Waals surface area contributed by atoms with E-state index in [1.165, 1.54) is 0 Å². The summed E-state index contributed by atoms with van der Waals surface area (Å²) < 4.78 is 24.6. The Morgan fingerprint density at radius 2 is 1.67 bits per heavy atom. The van der Waals surface area contributed by atoms with Crippen LogP contribution in [0.4, 0.5) is 8.78 Å². The summed E-state index contributed by atoms with van der Waals surface area (Å²) in [7, 11) is 0. The lowest BCUT2D eigenvalue weighted by molar-refractivity contribution is -0.00730. The molecule has 0 amide bonds. The molecule has 1 rings (SSSR count). The average Bonchev–Trinajstić information content (AvgIpc) is 1.83. The van der Waals surface area contributed by atoms with Crippen LogP contribution in [0, 0.1) is 0 Å². The normalized spacial score (nSPS) is 45.0. The van der Waals surface area contributed by atoms with E-state index >= 15 is 0 Å². The van der Waals surface area contributed by atoms with Crippen molar-refractivity contribution in [3.63, 3.8) is 0 Å². The van der Waals surface area contributed by atoms with Crippen molar-refractivity contribution in [3.8, 4) is 0 Å². The van der Waals surface area contributed by atoms with Gasteiger partial charge in [-0.25, -0.2) is 8.78 Å². The zero-order valence-corrected chi connectivity index (χ0v) is 4.85. The largest absolute Gasteiger partial charge is 0.387 e. The molecule has 0 aromatic rings. The molecule has 2 nitrogen and oxygen atoms in total. The van der Waals surface area contributed by atoms with Gasteiger partial charge in [0.1, 0.15) is 18.4 Å². The minimum Gasteiger partial charge on any atom is -0.387 e. The predicted octanol–water partition coefficient (Wildman–Crippen LogP) is -0.373. The second kappa shape index (κ2) is 2.58. The molecule has 0 spiro atoms. The Labute approximate surface area is 51.9 Å². The summed E-state index contributed by atoms with van der Waals surface area (Å²) in [5.74, 6) is 0. The number of aliphatic hydroxyl groups excluding tert-OH is 1. The Kier molecular flexibility index (Phi) is 1.97. The van der Waals surface area contributed by atoms with Crippen LogP contribution >= 0.6 is 0 Å². The summed E-state index contributed by atoms with van der Waals surface area (Å²) in [6.07, 6.45) is -4.33. The molecular weight excluding hydrogens is 128 g/mol. The van der Waals surface area contributed by atoms with Crippen LogP contribution in [0.25, 0.3) is 0 Å². The van der Waals surface area contributed by atoms with E-state index in [4.69, 9.17) is 5.11 Å². The Morgan fingerprint density at radius 3 is 2.00 bits per heavy atom. The van der Waals surface area contributed by atoms with Crippen molar-refractivity contribution in [3.05, 3.63) is 0 Å². The molecule has 0 aromatic carbocycles. The van der Waals surface area contributed by atoms with Gasteiger partial charge < -0.3 is 10.4 Å². The van der Waals surface area contributed by atoms with Gasteiger partial charge in [0.25, 0.3) is 0 Å². The Hall–Kier alpha value is -0.220. The second-order valence-corrected chi connectivity index (χ2v) is 2.18. The van der Waals surface area contributed by atoms with Gasteiger partial charge in [-0.2, -0.15) is 0 Å². The summed E-state index contributed by atoms with van der Waals surface area (Å²) >= 11 is 0. The third-order valence-electron chi connectivity index (χ3n) is 1.42. The molecule has 3 atom stereocenters. The van der Waals surface area contributed by atoms with E-state index in [9.17, 15) is 8.78 Å². The molecule has 0 radical (unpaired) electrons. The van der Waals surface area contributed by atoms with E-state index in [0.29, 0.717) is 0 Å². The topological polar surface area (TPSA) is 32.3 Å². The van der Waals surface area contributed by atoms with E-state index in [1.807, 2.05) is 0 Å². The molecule has 54 valence electrons. The summed E-state index contributed by atoms with van der Waals surface area (Å²) in [5, 5.41) is 11.2. The van der Waals surface area contributed by atoms with Gasteiger partial charge in [0, 0.05) is 13.1 Å². The van der Waals surface area contributed by atoms with Gasteiger partial charge >= 0.3 is 0 Å². The van der Waals surface area contributed by atoms with E-state index in [-0.39, 0.29) is 13.1 Å². The fourth-order valence-electron chi connectivity index (χ4n) is 0.827. The molecule has 0 unspecified atom stereocenters. The Morgan fingerprint density at radius 1 is 1.22 bits per heavy atom. The molecule has 2 N–H and O–H groups in total. The van der Waals surface area contributed by atoms with Gasteiger partial charge in [-0.15, -0.1) is 0 Å². The smallest absolute Gasteiger partial charge is 0.141 e. The zero-order valence-electron chi connectivity index (χ0n) is 4.85. The molecule has 0 saturated carbocycles. The number of rotatable bonds is 0. The molecule has 1 heterocycles. The molecule has 0 aromatic heterocycles. The van der Waals surface area contributed by atoms with Crippen LogP contribution in [0.2, 0.25) is 0 Å². The number of alkyl halides is 2. The Balaban J connectivity index is 2.41. The van der Waals surface area contributed by atoms with Crippen molar-refractivity contribution in [1.29, 1.82) is 0 Å². The summed E-state index contributed by atoms with van der Waals surface area (Å²) in [6, 6.07) is 0. The first-order valence-corrected chi connectivity index (χ1v) is 2.88. The number of hydrogen-bond donors (Lipinski definition) is 2. The lowest BCUT2D eigenvalue weighted by atomic mass is 10.1. The lowest BCUT2D eigenvalue weighted by Crippen LogP contribution is -2.49. The highest BCUT2D eigenvalue weighted by Crippen LogP contribution is 2.10. The van der Waals surface area contributed by atoms with Gasteiger partial charge in [-0.05, 0) is 0 Å². The van der Waals surface area contributed by atoms with Crippen LogP contribution < -0.4 is 5.32 Å². The lowest BCUT2D eigenvalue weighted by Gasteiger charge is -2.25. The van der Waals surface area contributed by atoms with Gasteiger partial charge in [0.2, 0.25) is 0 Å². The van der Waals surface area contributed by atoms with E-state index in [0.717, 1.165) is 0 Å². The number of halogens is 2. The number of hydrogen-bond acceptors (Lipinski definition) is 2. The molecular formula is C5H9F2NO. The van der Waals surface area contributed by atoms with Gasteiger partial charge in [-0.1, -0.05) is 0 Å². The van der Waals surface area contributed by atoms with Crippen molar-refractivity contribution >= 4 is 0 Å². The molecule has 1 saturated heterocycles. The van der Waals surface area contributed by atoms with Crippen LogP contribution in [-0.4, -0.2) is 36.6 Å². The highest BCUT2D eigenvalue weighted by atomic mass is 19.1. The fraction of sp³-hybridized carbons (Fsp3) is 1.00. The highest BCUT2D eigenvalue weighted by molar-refractivity contribution is 4.84. The molecule has 1 aliphatic heterocycles. The van der Waals surface area contributed by atoms with Crippen molar-refractivity contribution in [1.82, 2.24) is 5.32 Å². The molecule has 0 aliphatic carbocycles. The SMILES string of the molecule is O[C@@H]1[C@H](F)CNC[C@@H]1F. The average molecular weight is 137 g/mol. The Bertz CT molecular complexity index is 91.0. The quantitative estimate of drug-likeness (QED) is 0.477. The molecule has 4 heteroatoms. The van der Waals surface area contributed by atoms with Crippen LogP contribution in [0.15, 0.2) is 0 Å². The second-order valence-electron chi connectivity index (χ2n) is 2.18. The van der Waals surface area contributed by atoms with Gasteiger partial charge in [0.05, 0.1) is 0 Å². The van der Waals surface area contributed by atoms with Gasteiger partial charge in [0.15, 0.2) is 0 Å². The third kappa shape index (κ3) is 1.37. The minimum atomic E-state index is -1.45. The van der Waals surface area contributed by atoms with Gasteiger partial charge in [-0.3, -0.25) is 0 Å². The number of nitrogens with one attached hydrogen (secondary N) is 1. The van der Waals surface area contributed by atoms with Crippen LogP contribution in [0.5, 0.6) is 0 Å². The first kappa shape index (κ1) is 6.89.